The smallest absolute Gasteiger partial charge is 0.237 e. The van der Waals surface area contributed by atoms with E-state index in [1.54, 1.807) is 7.11 Å². The van der Waals surface area contributed by atoms with Gasteiger partial charge in [0, 0.05) is 30.1 Å². The lowest BCUT2D eigenvalue weighted by molar-refractivity contribution is 0.147. The van der Waals surface area contributed by atoms with Gasteiger partial charge in [-0.05, 0) is 35.7 Å². The molecule has 0 bridgehead atoms. The van der Waals surface area contributed by atoms with Crippen LogP contribution in [-0.4, -0.2) is 34.9 Å². The Kier molecular flexibility index (Phi) is 6.64. The molecule has 0 fully saturated rings. The van der Waals surface area contributed by atoms with Crippen molar-refractivity contribution in [2.45, 2.75) is 26.3 Å². The van der Waals surface area contributed by atoms with Crippen LogP contribution < -0.4 is 10.1 Å². The molecule has 0 saturated heterocycles. The summed E-state index contributed by atoms with van der Waals surface area (Å²) in [5.41, 5.74) is 4.21. The molecule has 0 radical (unpaired) electrons. The molecular weight excluding hydrogens is 436 g/mol. The summed E-state index contributed by atoms with van der Waals surface area (Å²) in [4.78, 5) is 10.1. The van der Waals surface area contributed by atoms with Gasteiger partial charge in [0.25, 0.3) is 0 Å². The normalized spacial score (nSPS) is 11.4. The molecule has 0 aliphatic carbocycles. The van der Waals surface area contributed by atoms with Gasteiger partial charge in [-0.2, -0.15) is 4.98 Å². The van der Waals surface area contributed by atoms with Crippen LogP contribution in [0.1, 0.15) is 31.0 Å². The molecule has 0 amide bonds. The molecule has 3 aromatic carbocycles. The molecule has 0 unspecified atom stereocenters. The van der Waals surface area contributed by atoms with Gasteiger partial charge in [-0.1, -0.05) is 68.4 Å². The number of benzene rings is 3. The van der Waals surface area contributed by atoms with Crippen molar-refractivity contribution in [1.29, 1.82) is 0 Å². The third kappa shape index (κ3) is 4.70. The average molecular weight is 467 g/mol. The maximum Gasteiger partial charge on any atom is 0.237 e. The van der Waals surface area contributed by atoms with E-state index in [0.717, 1.165) is 27.9 Å². The summed E-state index contributed by atoms with van der Waals surface area (Å²) in [7, 11) is 1.67. The number of ether oxygens (including phenoxy) is 2. The molecule has 35 heavy (non-hydrogen) atoms. The van der Waals surface area contributed by atoms with Gasteiger partial charge in [-0.25, -0.2) is 4.98 Å². The molecule has 2 aromatic heterocycles. The highest BCUT2D eigenvalue weighted by atomic mass is 16.5. The number of hydrogen-bond donors (Lipinski definition) is 1. The summed E-state index contributed by atoms with van der Waals surface area (Å²) in [6.45, 7) is 6.00. The van der Waals surface area contributed by atoms with Crippen molar-refractivity contribution >= 4 is 27.6 Å². The van der Waals surface area contributed by atoms with Crippen molar-refractivity contribution in [3.63, 3.8) is 0 Å². The molecule has 6 nitrogen and oxygen atoms in total. The molecular formula is C29H30N4O2. The molecule has 0 saturated carbocycles. The fourth-order valence-electron chi connectivity index (χ4n) is 4.31. The second kappa shape index (κ2) is 10.2. The van der Waals surface area contributed by atoms with Gasteiger partial charge >= 0.3 is 0 Å². The van der Waals surface area contributed by atoms with Gasteiger partial charge < -0.3 is 14.8 Å². The van der Waals surface area contributed by atoms with E-state index in [1.807, 2.05) is 36.4 Å². The zero-order valence-electron chi connectivity index (χ0n) is 20.4. The van der Waals surface area contributed by atoms with Gasteiger partial charge in [-0.15, -0.1) is 0 Å². The van der Waals surface area contributed by atoms with Crippen molar-refractivity contribution in [3.05, 3.63) is 90.1 Å². The van der Waals surface area contributed by atoms with Crippen LogP contribution in [0.4, 0.5) is 5.82 Å². The lowest BCUT2D eigenvalue weighted by Crippen LogP contribution is -2.11. The summed E-state index contributed by atoms with van der Waals surface area (Å²) >= 11 is 0. The highest BCUT2D eigenvalue weighted by Crippen LogP contribution is 2.33. The first-order valence-corrected chi connectivity index (χ1v) is 12.0. The van der Waals surface area contributed by atoms with E-state index in [0.29, 0.717) is 37.4 Å². The Morgan fingerprint density at radius 3 is 2.49 bits per heavy atom. The largest absolute Gasteiger partial charge is 0.489 e. The minimum absolute atomic E-state index is 0.302. The average Bonchev–Trinajstić information content (AvgIpc) is 3.28. The lowest BCUT2D eigenvalue weighted by atomic mass is 10.1. The van der Waals surface area contributed by atoms with Crippen molar-refractivity contribution in [1.82, 2.24) is 14.5 Å². The monoisotopic (exact) mass is 466 g/mol. The van der Waals surface area contributed by atoms with E-state index < -0.39 is 0 Å². The predicted octanol–water partition coefficient (Wildman–Crippen LogP) is 6.33. The number of fused-ring (bicyclic) bond motifs is 2. The van der Waals surface area contributed by atoms with E-state index in [2.05, 4.69) is 66.2 Å². The quantitative estimate of drug-likeness (QED) is 0.257. The summed E-state index contributed by atoms with van der Waals surface area (Å²) in [5.74, 6) is 2.42. The van der Waals surface area contributed by atoms with E-state index in [9.17, 15) is 0 Å². The Labute approximate surface area is 205 Å². The van der Waals surface area contributed by atoms with Crippen LogP contribution in [0.25, 0.3) is 27.8 Å². The Bertz CT molecular complexity index is 1440. The maximum atomic E-state index is 6.06. The number of anilines is 1. The van der Waals surface area contributed by atoms with Crippen LogP contribution in [-0.2, 0) is 11.3 Å². The molecule has 5 rings (SSSR count). The lowest BCUT2D eigenvalue weighted by Gasteiger charge is -2.17. The SMILES string of the molecule is COCCOc1cccc2c(NCc3ccccc3)nc(-n3c(C(C)C)cc4ccccc43)nc12. The van der Waals surface area contributed by atoms with Crippen molar-refractivity contribution in [2.75, 3.05) is 25.6 Å². The number of aromatic nitrogens is 3. The third-order valence-electron chi connectivity index (χ3n) is 6.06. The summed E-state index contributed by atoms with van der Waals surface area (Å²) in [5, 5.41) is 5.64. The van der Waals surface area contributed by atoms with E-state index in [-0.39, 0.29) is 0 Å². The number of nitrogens with zero attached hydrogens (tertiary/aromatic N) is 3. The molecule has 0 aliphatic rings. The zero-order valence-corrected chi connectivity index (χ0v) is 20.4. The highest BCUT2D eigenvalue weighted by Gasteiger charge is 2.19. The standard InChI is InChI=1S/C29H30N4O2/c1-20(2)25-18-22-12-7-8-14-24(22)33(25)29-31-27-23(13-9-15-26(27)35-17-16-34-3)28(32-29)30-19-21-10-5-4-6-11-21/h4-15,18,20H,16-17,19H2,1-3H3,(H,30,31,32). The van der Waals surface area contributed by atoms with Gasteiger partial charge in [0.1, 0.15) is 23.7 Å². The van der Waals surface area contributed by atoms with E-state index >= 15 is 0 Å². The number of methoxy groups -OCH3 is 1. The Morgan fingerprint density at radius 1 is 0.886 bits per heavy atom. The van der Waals surface area contributed by atoms with Crippen LogP contribution in [0.15, 0.2) is 78.9 Å². The van der Waals surface area contributed by atoms with Crippen LogP contribution in [0, 0.1) is 0 Å². The summed E-state index contributed by atoms with van der Waals surface area (Å²) in [6, 6.07) is 26.9. The van der Waals surface area contributed by atoms with E-state index in [1.165, 1.54) is 10.9 Å². The minimum atomic E-state index is 0.302. The fourth-order valence-corrected chi connectivity index (χ4v) is 4.31. The summed E-state index contributed by atoms with van der Waals surface area (Å²) in [6.07, 6.45) is 0. The first-order valence-electron chi connectivity index (χ1n) is 12.0. The topological polar surface area (TPSA) is 61.2 Å². The molecule has 6 heteroatoms. The van der Waals surface area contributed by atoms with Crippen molar-refractivity contribution in [2.24, 2.45) is 0 Å². The number of para-hydroxylation sites is 2. The van der Waals surface area contributed by atoms with Crippen LogP contribution in [0.3, 0.4) is 0 Å². The van der Waals surface area contributed by atoms with Gasteiger partial charge in [0.05, 0.1) is 12.1 Å². The minimum Gasteiger partial charge on any atom is -0.489 e. The van der Waals surface area contributed by atoms with Gasteiger partial charge in [-0.3, -0.25) is 4.57 Å². The zero-order chi connectivity index (χ0) is 24.2. The molecule has 5 aromatic rings. The second-order valence-corrected chi connectivity index (χ2v) is 8.82. The summed E-state index contributed by atoms with van der Waals surface area (Å²) < 4.78 is 13.4. The Morgan fingerprint density at radius 2 is 1.69 bits per heavy atom. The second-order valence-electron chi connectivity index (χ2n) is 8.82. The third-order valence-corrected chi connectivity index (χ3v) is 6.06. The van der Waals surface area contributed by atoms with Crippen LogP contribution in [0.2, 0.25) is 0 Å². The first kappa shape index (κ1) is 22.9. The van der Waals surface area contributed by atoms with Crippen LogP contribution >= 0.6 is 0 Å². The Balaban J connectivity index is 1.69. The molecule has 178 valence electrons. The molecule has 1 N–H and O–H groups in total. The number of hydrogen-bond acceptors (Lipinski definition) is 5. The molecule has 0 spiro atoms. The predicted molar refractivity (Wildman–Crippen MR) is 142 cm³/mol. The maximum absolute atomic E-state index is 6.06. The van der Waals surface area contributed by atoms with Crippen molar-refractivity contribution in [3.8, 4) is 11.7 Å². The number of rotatable bonds is 9. The first-order chi connectivity index (χ1) is 17.2. The molecule has 0 atom stereocenters. The molecule has 0 aliphatic heterocycles. The number of nitrogens with one attached hydrogen (secondary N) is 1. The van der Waals surface area contributed by atoms with Crippen LogP contribution in [0.5, 0.6) is 5.75 Å². The highest BCUT2D eigenvalue weighted by molar-refractivity contribution is 5.94. The van der Waals surface area contributed by atoms with Gasteiger partial charge in [0.2, 0.25) is 5.95 Å². The Hall–Kier alpha value is -3.90. The van der Waals surface area contributed by atoms with E-state index in [4.69, 9.17) is 19.4 Å². The fraction of sp³-hybridized carbons (Fsp3) is 0.241. The molecule has 2 heterocycles. The van der Waals surface area contributed by atoms with Gasteiger partial charge in [0.15, 0.2) is 0 Å². The van der Waals surface area contributed by atoms with Crippen molar-refractivity contribution < 1.29 is 9.47 Å².